The van der Waals surface area contributed by atoms with Crippen molar-refractivity contribution in [2.75, 3.05) is 0 Å². The Morgan fingerprint density at radius 2 is 1.87 bits per heavy atom. The molecule has 30 heavy (non-hydrogen) atoms. The maximum Gasteiger partial charge on any atom is 0.337 e. The van der Waals surface area contributed by atoms with Crippen LogP contribution < -0.4 is 5.32 Å². The molecule has 1 heterocycles. The van der Waals surface area contributed by atoms with Gasteiger partial charge in [0.1, 0.15) is 6.61 Å². The Hall–Kier alpha value is -2.56. The third-order valence-corrected chi connectivity index (χ3v) is 6.33. The van der Waals surface area contributed by atoms with Gasteiger partial charge in [-0.2, -0.15) is 0 Å². The number of hydrogen-bond acceptors (Lipinski definition) is 4. The third kappa shape index (κ3) is 3.90. The average Bonchev–Trinajstić information content (AvgIpc) is 2.74. The van der Waals surface area contributed by atoms with Crippen LogP contribution in [-0.4, -0.2) is 11.8 Å². The number of halogens is 2. The van der Waals surface area contributed by atoms with Crippen molar-refractivity contribution in [1.29, 1.82) is 0 Å². The molecule has 2 aromatic carbocycles. The van der Waals surface area contributed by atoms with Crippen LogP contribution in [0.3, 0.4) is 0 Å². The van der Waals surface area contributed by atoms with Gasteiger partial charge in [-0.05, 0) is 37.0 Å². The van der Waals surface area contributed by atoms with Crippen LogP contribution in [-0.2, 0) is 20.9 Å². The first-order chi connectivity index (χ1) is 14.5. The predicted molar refractivity (Wildman–Crippen MR) is 117 cm³/mol. The first-order valence-electron chi connectivity index (χ1n) is 9.86. The standard InChI is InChI=1S/C24H21Cl2NO3/c1-14-20(24(29)30-13-15-7-3-2-4-8-15)21(16-9-5-10-17(25)23(16)26)22-18(27-14)11-6-12-19(22)28/h2-5,7-10,21,27H,6,11-13H2,1H3/t21-/m1/s1. The maximum atomic E-state index is 13.2. The summed E-state index contributed by atoms with van der Waals surface area (Å²) in [6.45, 7) is 1.97. The highest BCUT2D eigenvalue weighted by Gasteiger charge is 2.40. The lowest BCUT2D eigenvalue weighted by molar-refractivity contribution is -0.140. The number of rotatable bonds is 4. The number of Topliss-reactive ketones (excluding diaryl/α,β-unsaturated/α-hetero) is 1. The molecule has 2 aromatic rings. The lowest BCUT2D eigenvalue weighted by Crippen LogP contribution is -2.34. The molecule has 0 fully saturated rings. The largest absolute Gasteiger partial charge is 0.457 e. The molecule has 4 nitrogen and oxygen atoms in total. The van der Waals surface area contributed by atoms with Crippen molar-refractivity contribution in [3.05, 3.63) is 92.2 Å². The minimum Gasteiger partial charge on any atom is -0.457 e. The van der Waals surface area contributed by atoms with E-state index in [1.54, 1.807) is 12.1 Å². The molecule has 0 saturated carbocycles. The van der Waals surface area contributed by atoms with Gasteiger partial charge in [-0.1, -0.05) is 65.7 Å². The Balaban J connectivity index is 1.76. The van der Waals surface area contributed by atoms with E-state index in [9.17, 15) is 9.59 Å². The summed E-state index contributed by atoms with van der Waals surface area (Å²) < 4.78 is 5.63. The second-order valence-corrected chi connectivity index (χ2v) is 8.26. The SMILES string of the molecule is CC1=C(C(=O)OCc2ccccc2)[C@@H](c2cccc(Cl)c2Cl)C2=C(CCCC2=O)N1. The topological polar surface area (TPSA) is 55.4 Å². The summed E-state index contributed by atoms with van der Waals surface area (Å²) >= 11 is 12.8. The van der Waals surface area contributed by atoms with Crippen LogP contribution in [0.1, 0.15) is 43.2 Å². The minimum atomic E-state index is -0.608. The summed E-state index contributed by atoms with van der Waals surface area (Å²) in [6, 6.07) is 14.8. The summed E-state index contributed by atoms with van der Waals surface area (Å²) in [5.74, 6) is -1.07. The molecule has 1 aliphatic carbocycles. The molecule has 154 valence electrons. The van der Waals surface area contributed by atoms with Gasteiger partial charge in [0, 0.05) is 29.3 Å². The van der Waals surface area contributed by atoms with Crippen molar-refractivity contribution in [2.24, 2.45) is 0 Å². The second kappa shape index (κ2) is 8.66. The molecule has 1 atom stereocenters. The molecule has 6 heteroatoms. The highest BCUT2D eigenvalue weighted by atomic mass is 35.5. The van der Waals surface area contributed by atoms with Crippen molar-refractivity contribution in [3.8, 4) is 0 Å². The molecular weight excluding hydrogens is 421 g/mol. The van der Waals surface area contributed by atoms with Gasteiger partial charge in [0.15, 0.2) is 5.78 Å². The molecule has 0 aromatic heterocycles. The number of dihydropyridines is 1. The molecular formula is C24H21Cl2NO3. The fourth-order valence-corrected chi connectivity index (χ4v) is 4.53. The van der Waals surface area contributed by atoms with Gasteiger partial charge in [0.05, 0.1) is 15.6 Å². The molecule has 0 bridgehead atoms. The zero-order valence-corrected chi connectivity index (χ0v) is 18.0. The summed E-state index contributed by atoms with van der Waals surface area (Å²) in [5, 5.41) is 4.00. The predicted octanol–water partition coefficient (Wildman–Crippen LogP) is 5.70. The molecule has 0 spiro atoms. The Labute approximate surface area is 185 Å². The van der Waals surface area contributed by atoms with Gasteiger partial charge >= 0.3 is 5.97 Å². The quantitative estimate of drug-likeness (QED) is 0.617. The Morgan fingerprint density at radius 1 is 1.10 bits per heavy atom. The van der Waals surface area contributed by atoms with E-state index in [-0.39, 0.29) is 12.4 Å². The number of carbonyl (C=O) groups excluding carboxylic acids is 2. The Bertz CT molecular complexity index is 1070. The van der Waals surface area contributed by atoms with Gasteiger partial charge in [-0.3, -0.25) is 4.79 Å². The fourth-order valence-electron chi connectivity index (χ4n) is 4.11. The Morgan fingerprint density at radius 3 is 2.63 bits per heavy atom. The smallest absolute Gasteiger partial charge is 0.337 e. The number of allylic oxidation sites excluding steroid dienone is 3. The summed E-state index contributed by atoms with van der Waals surface area (Å²) in [5.41, 5.74) is 4.03. The van der Waals surface area contributed by atoms with Gasteiger partial charge in [0.25, 0.3) is 0 Å². The van der Waals surface area contributed by atoms with Gasteiger partial charge in [-0.25, -0.2) is 4.79 Å². The summed E-state index contributed by atoms with van der Waals surface area (Å²) in [7, 11) is 0. The summed E-state index contributed by atoms with van der Waals surface area (Å²) in [4.78, 5) is 26.1. The normalized spacial score (nSPS) is 18.8. The monoisotopic (exact) mass is 441 g/mol. The number of carbonyl (C=O) groups is 2. The van der Waals surface area contributed by atoms with Crippen molar-refractivity contribution in [2.45, 2.75) is 38.7 Å². The highest BCUT2D eigenvalue weighted by molar-refractivity contribution is 6.42. The van der Waals surface area contributed by atoms with E-state index in [1.165, 1.54) is 0 Å². The number of hydrogen-bond donors (Lipinski definition) is 1. The number of ketones is 1. The van der Waals surface area contributed by atoms with E-state index < -0.39 is 11.9 Å². The first kappa shape index (κ1) is 20.7. The minimum absolute atomic E-state index is 0.0191. The van der Waals surface area contributed by atoms with E-state index in [4.69, 9.17) is 27.9 Å². The van der Waals surface area contributed by atoms with Crippen LogP contribution in [0, 0.1) is 0 Å². The zero-order valence-electron chi connectivity index (χ0n) is 16.5. The van der Waals surface area contributed by atoms with E-state index in [2.05, 4.69) is 5.32 Å². The zero-order chi connectivity index (χ0) is 21.3. The Kier molecular flexibility index (Phi) is 5.98. The maximum absolute atomic E-state index is 13.2. The molecule has 4 rings (SSSR count). The lowest BCUT2D eigenvalue weighted by atomic mass is 9.75. The fraction of sp³-hybridized carbons (Fsp3) is 0.250. The van der Waals surface area contributed by atoms with E-state index in [0.29, 0.717) is 38.9 Å². The second-order valence-electron chi connectivity index (χ2n) is 7.47. The van der Waals surface area contributed by atoms with Crippen LogP contribution in [0.5, 0.6) is 0 Å². The van der Waals surface area contributed by atoms with Crippen LogP contribution in [0.2, 0.25) is 10.0 Å². The number of ether oxygens (including phenoxy) is 1. The number of esters is 1. The van der Waals surface area contributed by atoms with Crippen LogP contribution >= 0.6 is 23.2 Å². The average molecular weight is 442 g/mol. The lowest BCUT2D eigenvalue weighted by Gasteiger charge is -2.34. The third-order valence-electron chi connectivity index (χ3n) is 5.50. The summed E-state index contributed by atoms with van der Waals surface area (Å²) in [6.07, 6.45) is 1.97. The highest BCUT2D eigenvalue weighted by Crippen LogP contribution is 2.45. The van der Waals surface area contributed by atoms with Crippen LogP contribution in [0.15, 0.2) is 71.1 Å². The first-order valence-corrected chi connectivity index (χ1v) is 10.6. The van der Waals surface area contributed by atoms with E-state index in [1.807, 2.05) is 43.3 Å². The molecule has 0 unspecified atom stereocenters. The van der Waals surface area contributed by atoms with Crippen molar-refractivity contribution >= 4 is 35.0 Å². The molecule has 0 radical (unpaired) electrons. The number of benzene rings is 2. The van der Waals surface area contributed by atoms with Crippen LogP contribution in [0.25, 0.3) is 0 Å². The van der Waals surface area contributed by atoms with E-state index in [0.717, 1.165) is 24.1 Å². The van der Waals surface area contributed by atoms with Crippen LogP contribution in [0.4, 0.5) is 0 Å². The number of nitrogens with one attached hydrogen (secondary N) is 1. The van der Waals surface area contributed by atoms with Gasteiger partial charge < -0.3 is 10.1 Å². The molecule has 2 aliphatic rings. The van der Waals surface area contributed by atoms with Crippen molar-refractivity contribution in [3.63, 3.8) is 0 Å². The van der Waals surface area contributed by atoms with Crippen molar-refractivity contribution < 1.29 is 14.3 Å². The van der Waals surface area contributed by atoms with Gasteiger partial charge in [0.2, 0.25) is 0 Å². The molecule has 0 saturated heterocycles. The molecule has 1 aliphatic heterocycles. The van der Waals surface area contributed by atoms with Crippen molar-refractivity contribution in [1.82, 2.24) is 5.32 Å². The molecule has 1 N–H and O–H groups in total. The van der Waals surface area contributed by atoms with E-state index >= 15 is 0 Å². The van der Waals surface area contributed by atoms with Gasteiger partial charge in [-0.15, -0.1) is 0 Å². The molecule has 0 amide bonds.